The number of benzene rings is 1. The number of nitro benzene ring substituents is 1. The van der Waals surface area contributed by atoms with Crippen molar-refractivity contribution in [3.8, 4) is 11.5 Å². The number of unbranched alkanes of at least 4 members (excludes halogenated alkanes) is 1. The maximum absolute atomic E-state index is 12.0. The fourth-order valence-corrected chi connectivity index (χ4v) is 3.15. The number of ether oxygens (including phenoxy) is 5. The SMILES string of the molecule is CCCCC(=O)OC(C)c1cc(OC)c(OCCCC(=O)OCCOC(=O)CCCN=[N+]=[N-])cc1[N+](=O)[O-]. The Hall–Kier alpha value is -4.06. The van der Waals surface area contributed by atoms with E-state index in [9.17, 15) is 24.5 Å². The van der Waals surface area contributed by atoms with Crippen LogP contribution in [0.25, 0.3) is 10.4 Å². The van der Waals surface area contributed by atoms with Gasteiger partial charge >= 0.3 is 17.9 Å². The molecule has 0 radical (unpaired) electrons. The van der Waals surface area contributed by atoms with Crippen LogP contribution >= 0.6 is 0 Å². The highest BCUT2D eigenvalue weighted by molar-refractivity contribution is 5.70. The lowest BCUT2D eigenvalue weighted by Gasteiger charge is -2.17. The molecule has 0 saturated carbocycles. The maximum Gasteiger partial charge on any atom is 0.306 e. The molecule has 0 amide bonds. The van der Waals surface area contributed by atoms with E-state index in [1.165, 1.54) is 19.2 Å². The molecule has 0 saturated heterocycles. The van der Waals surface area contributed by atoms with Crippen LogP contribution in [-0.4, -0.2) is 56.3 Å². The van der Waals surface area contributed by atoms with Crippen LogP contribution < -0.4 is 9.47 Å². The maximum atomic E-state index is 12.0. The number of nitrogens with zero attached hydrogens (tertiary/aromatic N) is 4. The van der Waals surface area contributed by atoms with E-state index in [-0.39, 0.29) is 74.8 Å². The number of hydrogen-bond donors (Lipinski definition) is 0. The Balaban J connectivity index is 2.54. The van der Waals surface area contributed by atoms with Crippen molar-refractivity contribution < 1.29 is 43.0 Å². The summed E-state index contributed by atoms with van der Waals surface area (Å²) >= 11 is 0. The molecule has 14 heteroatoms. The second-order valence-corrected chi connectivity index (χ2v) is 8.01. The first-order valence-electron chi connectivity index (χ1n) is 12.2. The zero-order chi connectivity index (χ0) is 28.3. The molecule has 0 aliphatic rings. The van der Waals surface area contributed by atoms with Gasteiger partial charge in [0.1, 0.15) is 19.3 Å². The van der Waals surface area contributed by atoms with E-state index < -0.39 is 28.9 Å². The summed E-state index contributed by atoms with van der Waals surface area (Å²) in [4.78, 5) is 48.9. The van der Waals surface area contributed by atoms with Gasteiger partial charge in [0, 0.05) is 30.7 Å². The lowest BCUT2D eigenvalue weighted by Crippen LogP contribution is -2.14. The number of methoxy groups -OCH3 is 1. The van der Waals surface area contributed by atoms with E-state index in [2.05, 4.69) is 10.0 Å². The summed E-state index contributed by atoms with van der Waals surface area (Å²) in [5.74, 6) is -1.14. The van der Waals surface area contributed by atoms with Crippen LogP contribution in [0.15, 0.2) is 17.2 Å². The molecule has 0 aliphatic carbocycles. The van der Waals surface area contributed by atoms with Crippen molar-refractivity contribution in [2.75, 3.05) is 33.5 Å². The fraction of sp³-hybridized carbons (Fsp3) is 0.625. The van der Waals surface area contributed by atoms with Crippen LogP contribution in [0.2, 0.25) is 0 Å². The highest BCUT2D eigenvalue weighted by Crippen LogP contribution is 2.38. The number of hydrogen-bond acceptors (Lipinski definition) is 11. The van der Waals surface area contributed by atoms with Gasteiger partial charge in [-0.25, -0.2) is 0 Å². The average Bonchev–Trinajstić information content (AvgIpc) is 2.89. The third kappa shape index (κ3) is 12.3. The molecule has 0 spiro atoms. The van der Waals surface area contributed by atoms with Gasteiger partial charge in [0.2, 0.25) is 0 Å². The van der Waals surface area contributed by atoms with Crippen LogP contribution in [0.3, 0.4) is 0 Å². The molecule has 0 heterocycles. The highest BCUT2D eigenvalue weighted by Gasteiger charge is 2.26. The highest BCUT2D eigenvalue weighted by atomic mass is 16.6. The summed E-state index contributed by atoms with van der Waals surface area (Å²) < 4.78 is 26.1. The smallest absolute Gasteiger partial charge is 0.306 e. The number of esters is 3. The summed E-state index contributed by atoms with van der Waals surface area (Å²) in [6.45, 7) is 3.52. The molecular formula is C24H34N4O10. The minimum atomic E-state index is -0.866. The topological polar surface area (TPSA) is 189 Å². The molecular weight excluding hydrogens is 504 g/mol. The molecule has 0 N–H and O–H groups in total. The standard InChI is InChI=1S/C24H34N4O10/c1-4-5-8-24(31)38-17(2)18-15-20(34-3)21(16-19(18)28(32)33)35-12-7-10-23(30)37-14-13-36-22(29)9-6-11-26-27-25/h15-17H,4-14H2,1-3H3. The number of rotatable bonds is 19. The molecule has 1 aromatic carbocycles. The molecule has 1 unspecified atom stereocenters. The molecule has 14 nitrogen and oxygen atoms in total. The van der Waals surface area contributed by atoms with Crippen molar-refractivity contribution in [2.24, 2.45) is 5.11 Å². The van der Waals surface area contributed by atoms with Gasteiger partial charge in [0.05, 0.1) is 30.3 Å². The van der Waals surface area contributed by atoms with E-state index in [1.807, 2.05) is 6.92 Å². The molecule has 0 fully saturated rings. The van der Waals surface area contributed by atoms with Gasteiger partial charge in [-0.1, -0.05) is 18.5 Å². The molecule has 1 rings (SSSR count). The van der Waals surface area contributed by atoms with Crippen LogP contribution in [0.4, 0.5) is 5.69 Å². The van der Waals surface area contributed by atoms with Crippen molar-refractivity contribution in [1.29, 1.82) is 0 Å². The van der Waals surface area contributed by atoms with E-state index in [0.29, 0.717) is 12.8 Å². The largest absolute Gasteiger partial charge is 0.493 e. The fourth-order valence-electron chi connectivity index (χ4n) is 3.15. The van der Waals surface area contributed by atoms with Crippen LogP contribution in [0.1, 0.15) is 70.5 Å². The van der Waals surface area contributed by atoms with Gasteiger partial charge in [-0.05, 0) is 37.8 Å². The van der Waals surface area contributed by atoms with Gasteiger partial charge < -0.3 is 23.7 Å². The Bertz CT molecular complexity index is 995. The van der Waals surface area contributed by atoms with Crippen LogP contribution in [0, 0.1) is 10.1 Å². The molecule has 210 valence electrons. The lowest BCUT2D eigenvalue weighted by molar-refractivity contribution is -0.386. The molecule has 1 atom stereocenters. The summed E-state index contributed by atoms with van der Waals surface area (Å²) in [6, 6.07) is 2.60. The quantitative estimate of drug-likeness (QED) is 0.0348. The van der Waals surface area contributed by atoms with Crippen molar-refractivity contribution >= 4 is 23.6 Å². The van der Waals surface area contributed by atoms with Gasteiger partial charge in [-0.15, -0.1) is 0 Å². The van der Waals surface area contributed by atoms with Crippen molar-refractivity contribution in [1.82, 2.24) is 0 Å². The predicted molar refractivity (Wildman–Crippen MR) is 134 cm³/mol. The first-order chi connectivity index (χ1) is 18.2. The molecule has 0 aromatic heterocycles. The Morgan fingerprint density at radius 2 is 1.63 bits per heavy atom. The van der Waals surface area contributed by atoms with E-state index in [4.69, 9.17) is 29.2 Å². The van der Waals surface area contributed by atoms with Gasteiger partial charge in [0.25, 0.3) is 5.69 Å². The minimum Gasteiger partial charge on any atom is -0.493 e. The molecule has 0 aliphatic heterocycles. The second-order valence-electron chi connectivity index (χ2n) is 8.01. The van der Waals surface area contributed by atoms with E-state index in [0.717, 1.165) is 6.42 Å². The van der Waals surface area contributed by atoms with Crippen molar-refractivity contribution in [3.63, 3.8) is 0 Å². The van der Waals surface area contributed by atoms with Crippen LogP contribution in [-0.2, 0) is 28.6 Å². The summed E-state index contributed by atoms with van der Waals surface area (Å²) in [7, 11) is 1.38. The first-order valence-corrected chi connectivity index (χ1v) is 12.2. The molecule has 1 aromatic rings. The second kappa shape index (κ2) is 18.2. The van der Waals surface area contributed by atoms with E-state index >= 15 is 0 Å². The minimum absolute atomic E-state index is 0.00729. The number of nitro groups is 1. The van der Waals surface area contributed by atoms with Gasteiger partial charge in [0.15, 0.2) is 11.5 Å². The summed E-state index contributed by atoms with van der Waals surface area (Å²) in [5, 5.41) is 15.0. The zero-order valence-corrected chi connectivity index (χ0v) is 21.9. The van der Waals surface area contributed by atoms with E-state index in [1.54, 1.807) is 6.92 Å². The number of carbonyl (C=O) groups is 3. The third-order valence-corrected chi connectivity index (χ3v) is 5.08. The Labute approximate surface area is 220 Å². The summed E-state index contributed by atoms with van der Waals surface area (Å²) in [5.41, 5.74) is 8.04. The van der Waals surface area contributed by atoms with Crippen molar-refractivity contribution in [2.45, 2.75) is 64.9 Å². The van der Waals surface area contributed by atoms with Gasteiger partial charge in [-0.3, -0.25) is 24.5 Å². The Morgan fingerprint density at radius 1 is 1.00 bits per heavy atom. The average molecular weight is 539 g/mol. The number of carbonyl (C=O) groups excluding carboxylic acids is 3. The number of azide groups is 1. The zero-order valence-electron chi connectivity index (χ0n) is 21.9. The first kappa shape index (κ1) is 32.0. The Morgan fingerprint density at radius 3 is 2.21 bits per heavy atom. The monoisotopic (exact) mass is 538 g/mol. The van der Waals surface area contributed by atoms with Crippen molar-refractivity contribution in [3.05, 3.63) is 38.3 Å². The Kier molecular flexibility index (Phi) is 15.3. The predicted octanol–water partition coefficient (Wildman–Crippen LogP) is 4.73. The molecule has 0 bridgehead atoms. The lowest BCUT2D eigenvalue weighted by atomic mass is 10.1. The summed E-state index contributed by atoms with van der Waals surface area (Å²) in [6.07, 6.45) is 1.55. The third-order valence-electron chi connectivity index (χ3n) is 5.08. The molecule has 38 heavy (non-hydrogen) atoms. The van der Waals surface area contributed by atoms with Crippen LogP contribution in [0.5, 0.6) is 11.5 Å². The van der Waals surface area contributed by atoms with Gasteiger partial charge in [-0.2, -0.15) is 0 Å². The normalized spacial score (nSPS) is 11.0.